The fourth-order valence-electron chi connectivity index (χ4n) is 2.37. The predicted molar refractivity (Wildman–Crippen MR) is 94.8 cm³/mol. The monoisotopic (exact) mass is 330 g/mol. The van der Waals surface area contributed by atoms with Gasteiger partial charge in [0, 0.05) is 23.0 Å². The van der Waals surface area contributed by atoms with Gasteiger partial charge in [0.05, 0.1) is 12.7 Å². The van der Waals surface area contributed by atoms with Crippen LogP contribution < -0.4 is 0 Å². The number of hydrogen-bond donors (Lipinski definition) is 2. The lowest BCUT2D eigenvalue weighted by Gasteiger charge is -2.17. The molecule has 3 nitrogen and oxygen atoms in total. The molecule has 2 N–H and O–H groups in total. The van der Waals surface area contributed by atoms with Crippen molar-refractivity contribution in [1.29, 1.82) is 0 Å². The zero-order valence-electron chi connectivity index (χ0n) is 13.2. The highest BCUT2D eigenvalue weighted by Gasteiger charge is 2.18. The molecular weight excluding hydrogens is 308 g/mol. The summed E-state index contributed by atoms with van der Waals surface area (Å²) in [4.78, 5) is 12.5. The molecule has 2 rings (SSSR count). The molecule has 0 aliphatic rings. The Labute approximate surface area is 141 Å². The molecule has 2 aromatic carbocycles. The lowest BCUT2D eigenvalue weighted by atomic mass is 10.0. The van der Waals surface area contributed by atoms with E-state index in [-0.39, 0.29) is 17.6 Å². The molecule has 4 heteroatoms. The molecule has 0 saturated carbocycles. The third-order valence-electron chi connectivity index (χ3n) is 3.67. The van der Waals surface area contributed by atoms with Crippen LogP contribution in [0, 0.1) is 0 Å². The summed E-state index contributed by atoms with van der Waals surface area (Å²) in [6, 6.07) is 17.0. The third kappa shape index (κ3) is 5.20. The normalized spacial score (nSPS) is 13.5. The maximum Gasteiger partial charge on any atom is 0.164 e. The second-order valence-electron chi connectivity index (χ2n) is 5.42. The average molecular weight is 330 g/mol. The van der Waals surface area contributed by atoms with Crippen LogP contribution >= 0.6 is 11.8 Å². The van der Waals surface area contributed by atoms with E-state index in [1.807, 2.05) is 54.6 Å². The molecule has 0 aliphatic carbocycles. The fraction of sp³-hybridized carbons (Fsp3) is 0.316. The Kier molecular flexibility index (Phi) is 6.84. The maximum atomic E-state index is 12.5. The van der Waals surface area contributed by atoms with E-state index < -0.39 is 6.10 Å². The Balaban J connectivity index is 2.14. The number of aliphatic hydroxyl groups excluding tert-OH is 2. The minimum atomic E-state index is -0.501. The first-order valence-corrected chi connectivity index (χ1v) is 8.75. The van der Waals surface area contributed by atoms with Gasteiger partial charge in [0.2, 0.25) is 0 Å². The van der Waals surface area contributed by atoms with Crippen LogP contribution in [0.1, 0.15) is 46.2 Å². The van der Waals surface area contributed by atoms with Crippen LogP contribution in [0.25, 0.3) is 0 Å². The number of ketones is 1. The maximum absolute atomic E-state index is 12.5. The summed E-state index contributed by atoms with van der Waals surface area (Å²) >= 11 is 1.58. The van der Waals surface area contributed by atoms with Crippen molar-refractivity contribution in [2.75, 3.05) is 12.4 Å². The van der Waals surface area contributed by atoms with Gasteiger partial charge in [-0.05, 0) is 18.1 Å². The number of thioether (sulfide) groups is 1. The van der Waals surface area contributed by atoms with E-state index in [1.54, 1.807) is 18.7 Å². The topological polar surface area (TPSA) is 57.5 Å². The lowest BCUT2D eigenvalue weighted by Crippen LogP contribution is -2.07. The number of benzene rings is 2. The second-order valence-corrected chi connectivity index (χ2v) is 6.73. The van der Waals surface area contributed by atoms with Crippen LogP contribution in [0.5, 0.6) is 0 Å². The summed E-state index contributed by atoms with van der Waals surface area (Å²) < 4.78 is 0. The van der Waals surface area contributed by atoms with Crippen LogP contribution in [0.2, 0.25) is 0 Å². The molecule has 0 saturated heterocycles. The summed E-state index contributed by atoms with van der Waals surface area (Å²) in [5.74, 6) is 0.686. The zero-order chi connectivity index (χ0) is 16.7. The van der Waals surface area contributed by atoms with Crippen molar-refractivity contribution in [2.24, 2.45) is 0 Å². The highest BCUT2D eigenvalue weighted by atomic mass is 32.2. The molecule has 0 spiro atoms. The molecule has 0 amide bonds. The lowest BCUT2D eigenvalue weighted by molar-refractivity contribution is 0.0982. The molecule has 2 aromatic rings. The van der Waals surface area contributed by atoms with E-state index in [4.69, 9.17) is 5.11 Å². The van der Waals surface area contributed by atoms with Crippen molar-refractivity contribution in [2.45, 2.75) is 24.7 Å². The molecule has 2 atom stereocenters. The van der Waals surface area contributed by atoms with Gasteiger partial charge >= 0.3 is 0 Å². The first kappa shape index (κ1) is 17.7. The molecule has 0 bridgehead atoms. The fourth-order valence-corrected chi connectivity index (χ4v) is 3.38. The summed E-state index contributed by atoms with van der Waals surface area (Å²) in [5.41, 5.74) is 2.61. The SMILES string of the molecule is CC(O)c1ccc(C(CC(=O)c2ccccc2)SCCO)cc1. The second kappa shape index (κ2) is 8.87. The van der Waals surface area contributed by atoms with Crippen LogP contribution in [0.3, 0.4) is 0 Å². The van der Waals surface area contributed by atoms with Gasteiger partial charge in [-0.15, -0.1) is 0 Å². The standard InChI is InChI=1S/C19H22O3S/c1-14(21)15-7-9-17(10-8-15)19(23-12-11-20)13-18(22)16-5-3-2-4-6-16/h2-10,14,19-21H,11-13H2,1H3. The molecule has 0 aliphatic heterocycles. The molecule has 0 aromatic heterocycles. The Morgan fingerprint density at radius 1 is 1.04 bits per heavy atom. The summed E-state index contributed by atoms with van der Waals surface area (Å²) in [5, 5.41) is 18.7. The van der Waals surface area contributed by atoms with Gasteiger partial charge in [0.15, 0.2) is 5.78 Å². The molecule has 23 heavy (non-hydrogen) atoms. The Bertz CT molecular complexity index is 608. The van der Waals surface area contributed by atoms with E-state index >= 15 is 0 Å². The third-order valence-corrected chi connectivity index (χ3v) is 4.93. The van der Waals surface area contributed by atoms with Crippen molar-refractivity contribution in [3.8, 4) is 0 Å². The molecular formula is C19H22O3S. The number of carbonyl (C=O) groups excluding carboxylic acids is 1. The van der Waals surface area contributed by atoms with Gasteiger partial charge in [0.1, 0.15) is 0 Å². The molecule has 0 heterocycles. The first-order chi connectivity index (χ1) is 11.1. The van der Waals surface area contributed by atoms with Crippen molar-refractivity contribution in [1.82, 2.24) is 0 Å². The largest absolute Gasteiger partial charge is 0.396 e. The van der Waals surface area contributed by atoms with Crippen LogP contribution in [0.15, 0.2) is 54.6 Å². The van der Waals surface area contributed by atoms with Gasteiger partial charge < -0.3 is 10.2 Å². The number of hydrogen-bond acceptors (Lipinski definition) is 4. The van der Waals surface area contributed by atoms with Crippen molar-refractivity contribution < 1.29 is 15.0 Å². The van der Waals surface area contributed by atoms with Gasteiger partial charge in [-0.2, -0.15) is 11.8 Å². The van der Waals surface area contributed by atoms with Crippen LogP contribution in [0.4, 0.5) is 0 Å². The summed E-state index contributed by atoms with van der Waals surface area (Å²) in [6.07, 6.45) is -0.110. The molecule has 0 radical (unpaired) electrons. The van der Waals surface area contributed by atoms with Gasteiger partial charge in [0.25, 0.3) is 0 Å². The quantitative estimate of drug-likeness (QED) is 0.723. The van der Waals surface area contributed by atoms with E-state index in [0.717, 1.165) is 11.1 Å². The minimum Gasteiger partial charge on any atom is -0.396 e. The highest BCUT2D eigenvalue weighted by molar-refractivity contribution is 7.99. The molecule has 122 valence electrons. The van der Waals surface area contributed by atoms with Crippen LogP contribution in [-0.2, 0) is 0 Å². The number of aliphatic hydroxyl groups is 2. The zero-order valence-corrected chi connectivity index (χ0v) is 14.0. The Morgan fingerprint density at radius 2 is 1.65 bits per heavy atom. The summed E-state index contributed by atoms with van der Waals surface area (Å²) in [6.45, 7) is 1.82. The van der Waals surface area contributed by atoms with E-state index in [9.17, 15) is 9.90 Å². The summed E-state index contributed by atoms with van der Waals surface area (Å²) in [7, 11) is 0. The smallest absolute Gasteiger partial charge is 0.164 e. The minimum absolute atomic E-state index is 0.00194. The number of rotatable bonds is 8. The predicted octanol–water partition coefficient (Wildman–Crippen LogP) is 3.78. The highest BCUT2D eigenvalue weighted by Crippen LogP contribution is 2.33. The Morgan fingerprint density at radius 3 is 2.22 bits per heavy atom. The molecule has 0 fully saturated rings. The van der Waals surface area contributed by atoms with E-state index in [0.29, 0.717) is 17.7 Å². The number of carbonyl (C=O) groups is 1. The van der Waals surface area contributed by atoms with Gasteiger partial charge in [-0.3, -0.25) is 4.79 Å². The van der Waals surface area contributed by atoms with Crippen molar-refractivity contribution in [3.05, 3.63) is 71.3 Å². The van der Waals surface area contributed by atoms with Gasteiger partial charge in [-0.1, -0.05) is 54.6 Å². The van der Waals surface area contributed by atoms with Crippen LogP contribution in [-0.4, -0.2) is 28.4 Å². The van der Waals surface area contributed by atoms with E-state index in [1.165, 1.54) is 0 Å². The van der Waals surface area contributed by atoms with Crippen molar-refractivity contribution >= 4 is 17.5 Å². The Hall–Kier alpha value is -1.62. The number of Topliss-reactive ketones (excluding diaryl/α,β-unsaturated/α-hetero) is 1. The molecule has 2 unspecified atom stereocenters. The van der Waals surface area contributed by atoms with E-state index in [2.05, 4.69) is 0 Å². The average Bonchev–Trinajstić information content (AvgIpc) is 2.59. The van der Waals surface area contributed by atoms with Gasteiger partial charge in [-0.25, -0.2) is 0 Å². The first-order valence-electron chi connectivity index (χ1n) is 7.70. The van der Waals surface area contributed by atoms with Crippen molar-refractivity contribution in [3.63, 3.8) is 0 Å².